The van der Waals surface area contributed by atoms with Crippen molar-refractivity contribution in [3.05, 3.63) is 39.0 Å². The maximum absolute atomic E-state index is 11.1. The molecule has 1 N–H and O–H groups in total. The van der Waals surface area contributed by atoms with Gasteiger partial charge in [-0.1, -0.05) is 11.6 Å². The summed E-state index contributed by atoms with van der Waals surface area (Å²) >= 11 is 5.44. The van der Waals surface area contributed by atoms with Crippen molar-refractivity contribution in [1.82, 2.24) is 9.55 Å². The molecule has 0 spiro atoms. The lowest BCUT2D eigenvalue weighted by molar-refractivity contribution is 0.591. The first kappa shape index (κ1) is 8.93. The molecule has 4 nitrogen and oxygen atoms in total. The molecule has 1 unspecified atom stereocenters. The SMILES string of the molecule is [CH2+]C(C)n1c(=O)cc(Cl)[nH]c1=O. The molecule has 0 aliphatic carbocycles. The normalized spacial score (nSPS) is 12.8. The summed E-state index contributed by atoms with van der Waals surface area (Å²) in [6.45, 7) is 5.20. The zero-order valence-corrected chi connectivity index (χ0v) is 7.26. The Morgan fingerprint density at radius 3 is 2.67 bits per heavy atom. The highest BCUT2D eigenvalue weighted by atomic mass is 35.5. The second-order valence-electron chi connectivity index (χ2n) is 2.48. The average molecular weight is 188 g/mol. The fourth-order valence-electron chi connectivity index (χ4n) is 0.894. The van der Waals surface area contributed by atoms with Gasteiger partial charge in [0.2, 0.25) is 0 Å². The maximum atomic E-state index is 11.1. The summed E-state index contributed by atoms with van der Waals surface area (Å²) in [6.07, 6.45) is 0. The lowest BCUT2D eigenvalue weighted by Crippen LogP contribution is -2.35. The van der Waals surface area contributed by atoms with Crippen LogP contribution >= 0.6 is 11.6 Å². The number of halogens is 1. The van der Waals surface area contributed by atoms with E-state index in [0.717, 1.165) is 10.6 Å². The summed E-state index contributed by atoms with van der Waals surface area (Å²) in [5.41, 5.74) is -0.971. The minimum absolute atomic E-state index is 0.0434. The van der Waals surface area contributed by atoms with E-state index in [9.17, 15) is 9.59 Å². The summed E-state index contributed by atoms with van der Waals surface area (Å²) in [4.78, 5) is 24.5. The average Bonchev–Trinajstić information content (AvgIpc) is 1.82. The molecule has 1 atom stereocenters. The van der Waals surface area contributed by atoms with Crippen molar-refractivity contribution in [1.29, 1.82) is 0 Å². The first-order valence-electron chi connectivity index (χ1n) is 3.37. The molecule has 1 aromatic heterocycles. The number of nitrogens with one attached hydrogen (secondary N) is 1. The maximum Gasteiger partial charge on any atom is 0.333 e. The number of hydrogen-bond acceptors (Lipinski definition) is 2. The standard InChI is InChI=1S/C7H7ClN2O2/c1-4(2)10-6(11)3-5(8)9-7(10)12/h3-4H,1H2,2H3/p+1. The third kappa shape index (κ3) is 1.53. The van der Waals surface area contributed by atoms with Crippen LogP contribution in [0.4, 0.5) is 0 Å². The molecule has 0 amide bonds. The van der Waals surface area contributed by atoms with Gasteiger partial charge in [0.05, 0.1) is 6.92 Å². The van der Waals surface area contributed by atoms with Gasteiger partial charge < -0.3 is 0 Å². The van der Waals surface area contributed by atoms with Gasteiger partial charge in [-0.3, -0.25) is 9.78 Å². The molecule has 1 heterocycles. The Labute approximate surface area is 73.8 Å². The molecule has 5 heteroatoms. The van der Waals surface area contributed by atoms with Gasteiger partial charge in [-0.05, 0) is 6.92 Å². The van der Waals surface area contributed by atoms with Crippen LogP contribution in [0.3, 0.4) is 0 Å². The van der Waals surface area contributed by atoms with E-state index < -0.39 is 17.3 Å². The third-order valence-corrected chi connectivity index (χ3v) is 1.58. The highest BCUT2D eigenvalue weighted by molar-refractivity contribution is 6.29. The van der Waals surface area contributed by atoms with Gasteiger partial charge in [0, 0.05) is 6.07 Å². The van der Waals surface area contributed by atoms with Crippen molar-refractivity contribution in [2.75, 3.05) is 0 Å². The fraction of sp³-hybridized carbons (Fsp3) is 0.286. The molecule has 1 rings (SSSR count). The highest BCUT2D eigenvalue weighted by Crippen LogP contribution is 1.97. The van der Waals surface area contributed by atoms with E-state index in [4.69, 9.17) is 11.6 Å². The Balaban J connectivity index is 3.50. The smallest absolute Gasteiger partial charge is 0.297 e. The van der Waals surface area contributed by atoms with Crippen molar-refractivity contribution in [2.45, 2.75) is 13.0 Å². The van der Waals surface area contributed by atoms with Crippen molar-refractivity contribution >= 4 is 11.6 Å². The molecule has 0 aliphatic rings. The Morgan fingerprint density at radius 1 is 1.67 bits per heavy atom. The second-order valence-corrected chi connectivity index (χ2v) is 2.89. The zero-order chi connectivity index (χ0) is 9.30. The molecule has 0 fully saturated rings. The third-order valence-electron chi connectivity index (χ3n) is 1.37. The van der Waals surface area contributed by atoms with Gasteiger partial charge >= 0.3 is 5.69 Å². The van der Waals surface area contributed by atoms with Crippen LogP contribution in [0, 0.1) is 6.92 Å². The van der Waals surface area contributed by atoms with Crippen LogP contribution in [0.2, 0.25) is 5.15 Å². The van der Waals surface area contributed by atoms with Gasteiger partial charge in [-0.15, -0.1) is 0 Å². The van der Waals surface area contributed by atoms with Crippen LogP contribution in [0.1, 0.15) is 13.0 Å². The fourth-order valence-corrected chi connectivity index (χ4v) is 1.07. The molecule has 0 saturated carbocycles. The van der Waals surface area contributed by atoms with Crippen LogP contribution < -0.4 is 11.2 Å². The van der Waals surface area contributed by atoms with Crippen LogP contribution in [-0.2, 0) is 0 Å². The molecule has 0 aromatic carbocycles. The second kappa shape index (κ2) is 3.06. The van der Waals surface area contributed by atoms with Crippen molar-refractivity contribution in [2.24, 2.45) is 0 Å². The topological polar surface area (TPSA) is 54.9 Å². The summed E-state index contributed by atoms with van der Waals surface area (Å²) < 4.78 is 0.992. The highest BCUT2D eigenvalue weighted by Gasteiger charge is 2.10. The Morgan fingerprint density at radius 2 is 2.25 bits per heavy atom. The first-order chi connectivity index (χ1) is 5.52. The van der Waals surface area contributed by atoms with Crippen LogP contribution in [0.25, 0.3) is 0 Å². The minimum atomic E-state index is -0.532. The van der Waals surface area contributed by atoms with Gasteiger partial charge in [0.1, 0.15) is 5.15 Å². The first-order valence-corrected chi connectivity index (χ1v) is 3.74. The summed E-state index contributed by atoms with van der Waals surface area (Å²) in [5, 5.41) is 0.0434. The number of nitrogens with zero attached hydrogens (tertiary/aromatic N) is 1. The van der Waals surface area contributed by atoms with E-state index in [0.29, 0.717) is 0 Å². The number of H-pyrrole nitrogens is 1. The number of aromatic nitrogens is 2. The Kier molecular flexibility index (Phi) is 2.28. The number of hydrogen-bond donors (Lipinski definition) is 1. The molecule has 12 heavy (non-hydrogen) atoms. The van der Waals surface area contributed by atoms with E-state index in [-0.39, 0.29) is 5.15 Å². The Bertz CT molecular complexity index is 360. The van der Waals surface area contributed by atoms with Crippen molar-refractivity contribution < 1.29 is 0 Å². The monoisotopic (exact) mass is 187 g/mol. The molecule has 0 bridgehead atoms. The molecule has 64 valence electrons. The lowest BCUT2D eigenvalue weighted by Gasteiger charge is -2.01. The Hall–Kier alpha value is -1.16. The van der Waals surface area contributed by atoms with E-state index >= 15 is 0 Å². The predicted octanol–water partition coefficient (Wildman–Crippen LogP) is 0.585. The molecule has 0 aliphatic heterocycles. The van der Waals surface area contributed by atoms with Crippen molar-refractivity contribution in [3.8, 4) is 0 Å². The van der Waals surface area contributed by atoms with Crippen LogP contribution in [-0.4, -0.2) is 9.55 Å². The molecular weight excluding hydrogens is 180 g/mol. The summed E-state index contributed by atoms with van der Waals surface area (Å²) in [5.74, 6) is 0. The van der Waals surface area contributed by atoms with Gasteiger partial charge in [-0.25, -0.2) is 9.36 Å². The summed E-state index contributed by atoms with van der Waals surface area (Å²) in [7, 11) is 0. The van der Waals surface area contributed by atoms with E-state index in [1.54, 1.807) is 6.92 Å². The zero-order valence-electron chi connectivity index (χ0n) is 6.50. The van der Waals surface area contributed by atoms with E-state index in [1.165, 1.54) is 0 Å². The number of rotatable bonds is 1. The largest absolute Gasteiger partial charge is 0.333 e. The quantitative estimate of drug-likeness (QED) is 0.517. The minimum Gasteiger partial charge on any atom is -0.297 e. The van der Waals surface area contributed by atoms with Crippen LogP contribution in [0.15, 0.2) is 15.7 Å². The lowest BCUT2D eigenvalue weighted by atomic mass is 10.4. The summed E-state index contributed by atoms with van der Waals surface area (Å²) in [6, 6.07) is 0.739. The van der Waals surface area contributed by atoms with Crippen LogP contribution in [0.5, 0.6) is 0 Å². The van der Waals surface area contributed by atoms with E-state index in [2.05, 4.69) is 11.9 Å². The molecule has 0 saturated heterocycles. The van der Waals surface area contributed by atoms with E-state index in [1.807, 2.05) is 0 Å². The van der Waals surface area contributed by atoms with Crippen molar-refractivity contribution in [3.63, 3.8) is 0 Å². The predicted molar refractivity (Wildman–Crippen MR) is 46.4 cm³/mol. The van der Waals surface area contributed by atoms with Gasteiger partial charge in [0.15, 0.2) is 6.04 Å². The molecular formula is C7H8ClN2O2+. The molecule has 0 radical (unpaired) electrons. The number of aromatic amines is 1. The molecule has 1 aromatic rings. The van der Waals surface area contributed by atoms with Gasteiger partial charge in [0.25, 0.3) is 5.56 Å². The van der Waals surface area contributed by atoms with Gasteiger partial charge in [-0.2, -0.15) is 0 Å².